The number of anilines is 1. The molecule has 1 aliphatic rings. The van der Waals surface area contributed by atoms with Crippen molar-refractivity contribution >= 4 is 56.0 Å². The average Bonchev–Trinajstić information content (AvgIpc) is 3.02. The molecule has 0 saturated carbocycles. The molecule has 1 fully saturated rings. The Balaban J connectivity index is 1.91. The number of primary sulfonamides is 1. The molecule has 24 heavy (non-hydrogen) atoms. The summed E-state index contributed by atoms with van der Waals surface area (Å²) in [6.45, 7) is 1.82. The largest absolute Gasteiger partial charge is 0.462 e. The number of thioether (sulfide) groups is 1. The van der Waals surface area contributed by atoms with Crippen LogP contribution in [0, 0.1) is 6.92 Å². The predicted octanol–water partition coefficient (Wildman–Crippen LogP) is 2.64. The third-order valence-corrected chi connectivity index (χ3v) is 5.48. The second kappa shape index (κ2) is 6.17. The molecule has 0 aliphatic carbocycles. The quantitative estimate of drug-likeness (QED) is 0.650. The molecule has 1 saturated heterocycles. The van der Waals surface area contributed by atoms with Gasteiger partial charge in [-0.25, -0.2) is 13.6 Å². The van der Waals surface area contributed by atoms with E-state index in [4.69, 9.17) is 21.8 Å². The first-order chi connectivity index (χ1) is 11.3. The Kier molecular flexibility index (Phi) is 4.35. The highest BCUT2D eigenvalue weighted by atomic mass is 32.2. The zero-order valence-corrected chi connectivity index (χ0v) is 14.9. The summed E-state index contributed by atoms with van der Waals surface area (Å²) in [7, 11) is -3.78. The Morgan fingerprint density at radius 1 is 1.21 bits per heavy atom. The molecule has 0 spiro atoms. The minimum Gasteiger partial charge on any atom is -0.462 e. The number of hydrogen-bond acceptors (Lipinski definition) is 6. The maximum Gasteiger partial charge on any atom is 0.270 e. The lowest BCUT2D eigenvalue weighted by molar-refractivity contribution is -0.113. The van der Waals surface area contributed by atoms with Crippen LogP contribution in [-0.2, 0) is 14.8 Å². The molecule has 0 bridgehead atoms. The molecule has 1 aromatic heterocycles. The van der Waals surface area contributed by atoms with Crippen molar-refractivity contribution in [3.63, 3.8) is 0 Å². The molecule has 6 nitrogen and oxygen atoms in total. The van der Waals surface area contributed by atoms with Gasteiger partial charge in [0, 0.05) is 6.08 Å². The van der Waals surface area contributed by atoms with Crippen LogP contribution in [0.15, 0.2) is 50.6 Å². The second-order valence-electron chi connectivity index (χ2n) is 5.00. The number of carbonyl (C=O) groups excluding carboxylic acids is 1. The van der Waals surface area contributed by atoms with E-state index in [1.54, 1.807) is 18.2 Å². The van der Waals surface area contributed by atoms with Crippen LogP contribution in [0.25, 0.3) is 6.08 Å². The third kappa shape index (κ3) is 3.29. The first kappa shape index (κ1) is 16.9. The molecule has 9 heteroatoms. The van der Waals surface area contributed by atoms with E-state index in [-0.39, 0.29) is 10.8 Å². The number of amides is 1. The summed E-state index contributed by atoms with van der Waals surface area (Å²) < 4.78 is 28.4. The van der Waals surface area contributed by atoms with Crippen molar-refractivity contribution in [1.29, 1.82) is 0 Å². The molecule has 3 rings (SSSR count). The second-order valence-corrected chi connectivity index (χ2v) is 8.24. The monoisotopic (exact) mass is 380 g/mol. The summed E-state index contributed by atoms with van der Waals surface area (Å²) >= 11 is 6.41. The lowest BCUT2D eigenvalue weighted by Gasteiger charge is -2.14. The van der Waals surface area contributed by atoms with Crippen LogP contribution in [-0.4, -0.2) is 18.6 Å². The van der Waals surface area contributed by atoms with Crippen molar-refractivity contribution in [3.8, 4) is 0 Å². The van der Waals surface area contributed by atoms with Gasteiger partial charge in [-0.3, -0.25) is 9.69 Å². The molecule has 1 amide bonds. The maximum absolute atomic E-state index is 12.6. The van der Waals surface area contributed by atoms with E-state index in [2.05, 4.69) is 0 Å². The summed E-state index contributed by atoms with van der Waals surface area (Å²) in [5, 5.41) is 5.07. The highest BCUT2D eigenvalue weighted by Gasteiger charge is 2.33. The number of rotatable bonds is 3. The standard InChI is InChI=1S/C15H12N2O4S3/c1-9-2-5-11(21-9)8-13-14(18)17(15(22)23-13)10-3-6-12(7-4-10)24(16,19)20/h2-8H,1H3,(H2,16,19,20). The average molecular weight is 380 g/mol. The van der Waals surface area contributed by atoms with Gasteiger partial charge in [0.25, 0.3) is 5.91 Å². The first-order valence-electron chi connectivity index (χ1n) is 6.73. The number of aryl methyl sites for hydroxylation is 1. The molecule has 124 valence electrons. The zero-order chi connectivity index (χ0) is 17.5. The number of nitrogens with two attached hydrogens (primary N) is 1. The van der Waals surface area contributed by atoms with Crippen LogP contribution < -0.4 is 10.0 Å². The van der Waals surface area contributed by atoms with Gasteiger partial charge in [-0.2, -0.15) is 0 Å². The van der Waals surface area contributed by atoms with E-state index in [0.717, 1.165) is 17.5 Å². The van der Waals surface area contributed by atoms with E-state index in [9.17, 15) is 13.2 Å². The van der Waals surface area contributed by atoms with Crippen molar-refractivity contribution in [2.24, 2.45) is 5.14 Å². The summed E-state index contributed by atoms with van der Waals surface area (Å²) in [6.07, 6.45) is 1.63. The minimum atomic E-state index is -3.78. The molecule has 0 atom stereocenters. The van der Waals surface area contributed by atoms with Crippen LogP contribution in [0.1, 0.15) is 11.5 Å². The molecule has 1 aliphatic heterocycles. The Bertz CT molecular complexity index is 959. The molecule has 2 heterocycles. The fraction of sp³-hybridized carbons (Fsp3) is 0.0667. The van der Waals surface area contributed by atoms with Crippen molar-refractivity contribution in [1.82, 2.24) is 0 Å². The normalized spacial score (nSPS) is 17.1. The summed E-state index contributed by atoms with van der Waals surface area (Å²) in [5.41, 5.74) is 0.476. The van der Waals surface area contributed by atoms with E-state index < -0.39 is 10.0 Å². The molecule has 2 aromatic rings. The number of carbonyl (C=O) groups is 1. The lowest BCUT2D eigenvalue weighted by Crippen LogP contribution is -2.27. The van der Waals surface area contributed by atoms with Gasteiger partial charge >= 0.3 is 0 Å². The SMILES string of the molecule is Cc1ccc(C=C2SC(=S)N(c3ccc(S(N)(=O)=O)cc3)C2=O)o1. The van der Waals surface area contributed by atoms with Crippen molar-refractivity contribution in [2.45, 2.75) is 11.8 Å². The van der Waals surface area contributed by atoms with Crippen molar-refractivity contribution in [3.05, 3.63) is 52.8 Å². The molecule has 0 radical (unpaired) electrons. The van der Waals surface area contributed by atoms with E-state index in [1.807, 2.05) is 6.92 Å². The van der Waals surface area contributed by atoms with Gasteiger partial charge in [0.15, 0.2) is 4.32 Å². The zero-order valence-electron chi connectivity index (χ0n) is 12.4. The Labute approximate surface area is 148 Å². The van der Waals surface area contributed by atoms with E-state index in [0.29, 0.717) is 20.7 Å². The Morgan fingerprint density at radius 2 is 1.88 bits per heavy atom. The number of nitrogens with zero attached hydrogens (tertiary/aromatic N) is 1. The number of sulfonamides is 1. The fourth-order valence-corrected chi connectivity index (χ4v) is 3.93. The van der Waals surface area contributed by atoms with Crippen LogP contribution >= 0.6 is 24.0 Å². The third-order valence-electron chi connectivity index (χ3n) is 3.25. The number of thiocarbonyl (C=S) groups is 1. The van der Waals surface area contributed by atoms with Gasteiger partial charge in [-0.15, -0.1) is 0 Å². The molecular weight excluding hydrogens is 368 g/mol. The highest BCUT2D eigenvalue weighted by Crippen LogP contribution is 2.36. The molecular formula is C15H12N2O4S3. The summed E-state index contributed by atoms with van der Waals surface area (Å²) in [5.74, 6) is 1.02. The van der Waals surface area contributed by atoms with Gasteiger partial charge in [0.1, 0.15) is 11.5 Å². The van der Waals surface area contributed by atoms with Gasteiger partial charge in [0.05, 0.1) is 15.5 Å². The van der Waals surface area contributed by atoms with Crippen molar-refractivity contribution in [2.75, 3.05) is 4.90 Å². The van der Waals surface area contributed by atoms with Gasteiger partial charge in [-0.1, -0.05) is 24.0 Å². The Morgan fingerprint density at radius 3 is 2.42 bits per heavy atom. The van der Waals surface area contributed by atoms with Gasteiger partial charge < -0.3 is 4.42 Å². The first-order valence-corrected chi connectivity index (χ1v) is 9.50. The highest BCUT2D eigenvalue weighted by molar-refractivity contribution is 8.27. The van der Waals surface area contributed by atoms with Crippen LogP contribution in [0.4, 0.5) is 5.69 Å². The lowest BCUT2D eigenvalue weighted by atomic mass is 10.3. The van der Waals surface area contributed by atoms with Gasteiger partial charge in [0.2, 0.25) is 10.0 Å². The van der Waals surface area contributed by atoms with Crippen LogP contribution in [0.3, 0.4) is 0 Å². The number of furan rings is 1. The van der Waals surface area contributed by atoms with E-state index >= 15 is 0 Å². The van der Waals surface area contributed by atoms with Crippen LogP contribution in [0.2, 0.25) is 0 Å². The molecule has 1 aromatic carbocycles. The number of benzene rings is 1. The Hall–Kier alpha value is -1.94. The molecule has 0 unspecified atom stereocenters. The maximum atomic E-state index is 12.6. The number of hydrogen-bond donors (Lipinski definition) is 1. The predicted molar refractivity (Wildman–Crippen MR) is 96.9 cm³/mol. The fourth-order valence-electron chi connectivity index (χ4n) is 2.14. The summed E-state index contributed by atoms with van der Waals surface area (Å²) in [4.78, 5) is 14.3. The smallest absolute Gasteiger partial charge is 0.270 e. The minimum absolute atomic E-state index is 0.0294. The topological polar surface area (TPSA) is 93.6 Å². The van der Waals surface area contributed by atoms with Crippen molar-refractivity contribution < 1.29 is 17.6 Å². The van der Waals surface area contributed by atoms with E-state index in [1.165, 1.54) is 29.2 Å². The summed E-state index contributed by atoms with van der Waals surface area (Å²) in [6, 6.07) is 9.22. The van der Waals surface area contributed by atoms with Gasteiger partial charge in [-0.05, 0) is 43.3 Å². The van der Waals surface area contributed by atoms with Crippen LogP contribution in [0.5, 0.6) is 0 Å². The molecule has 2 N–H and O–H groups in total.